The molecule has 0 bridgehead atoms. The van der Waals surface area contributed by atoms with Gasteiger partial charge in [0.2, 0.25) is 0 Å². The molecule has 0 N–H and O–H groups in total. The maximum atomic E-state index is 10.3. The maximum Gasteiger partial charge on any atom is 0.120 e. The van der Waals surface area contributed by atoms with Crippen molar-refractivity contribution in [3.63, 3.8) is 0 Å². The quantitative estimate of drug-likeness (QED) is 0.619. The Balaban J connectivity index is 1.72. The number of piperidine rings is 1. The van der Waals surface area contributed by atoms with Crippen molar-refractivity contribution in [2.24, 2.45) is 5.92 Å². The van der Waals surface area contributed by atoms with Gasteiger partial charge in [-0.1, -0.05) is 6.42 Å². The van der Waals surface area contributed by atoms with Crippen LogP contribution >= 0.6 is 0 Å². The molecule has 0 amide bonds. The number of nitrogens with zero attached hydrogens (tertiary/aromatic N) is 1. The lowest BCUT2D eigenvalue weighted by Gasteiger charge is -2.41. The molecule has 2 aliphatic rings. The van der Waals surface area contributed by atoms with Crippen LogP contribution in [0.15, 0.2) is 0 Å². The molecule has 13 heavy (non-hydrogen) atoms. The first-order valence-corrected chi connectivity index (χ1v) is 5.58. The number of rotatable bonds is 3. The zero-order chi connectivity index (χ0) is 9.10. The molecule has 0 aromatic heterocycles. The molecular formula is C11H19NO. The first-order chi connectivity index (χ1) is 6.40. The van der Waals surface area contributed by atoms with Crippen molar-refractivity contribution in [3.8, 4) is 0 Å². The molecule has 74 valence electrons. The van der Waals surface area contributed by atoms with Gasteiger partial charge in [-0.15, -0.1) is 0 Å². The van der Waals surface area contributed by atoms with Crippen molar-refractivity contribution < 1.29 is 4.79 Å². The summed E-state index contributed by atoms with van der Waals surface area (Å²) < 4.78 is 0. The third-order valence-corrected chi connectivity index (χ3v) is 3.67. The minimum Gasteiger partial charge on any atom is -0.303 e. The van der Waals surface area contributed by atoms with Crippen LogP contribution in [0.25, 0.3) is 0 Å². The Morgan fingerprint density at radius 1 is 1.15 bits per heavy atom. The van der Waals surface area contributed by atoms with Gasteiger partial charge in [0.15, 0.2) is 0 Å². The summed E-state index contributed by atoms with van der Waals surface area (Å²) in [5, 5.41) is 0. The van der Waals surface area contributed by atoms with E-state index in [1.807, 2.05) is 0 Å². The molecule has 1 aliphatic heterocycles. The Kier molecular flexibility index (Phi) is 2.99. The number of carbonyl (C=O) groups is 1. The highest BCUT2D eigenvalue weighted by atomic mass is 16.1. The summed E-state index contributed by atoms with van der Waals surface area (Å²) in [4.78, 5) is 13.0. The Morgan fingerprint density at radius 2 is 1.85 bits per heavy atom. The van der Waals surface area contributed by atoms with Gasteiger partial charge < -0.3 is 9.69 Å². The summed E-state index contributed by atoms with van der Waals surface area (Å²) in [6.45, 7) is 2.48. The Morgan fingerprint density at radius 3 is 2.31 bits per heavy atom. The zero-order valence-electron chi connectivity index (χ0n) is 8.24. The lowest BCUT2D eigenvalue weighted by Crippen LogP contribution is -2.44. The summed E-state index contributed by atoms with van der Waals surface area (Å²) in [7, 11) is 0. The van der Waals surface area contributed by atoms with Crippen molar-refractivity contribution in [2.45, 2.75) is 44.6 Å². The highest BCUT2D eigenvalue weighted by Gasteiger charge is 2.28. The van der Waals surface area contributed by atoms with Crippen molar-refractivity contribution in [2.75, 3.05) is 13.1 Å². The molecule has 2 fully saturated rings. The predicted molar refractivity (Wildman–Crippen MR) is 52.6 cm³/mol. The maximum absolute atomic E-state index is 10.3. The second-order valence-electron chi connectivity index (χ2n) is 4.47. The van der Waals surface area contributed by atoms with Crippen LogP contribution in [0.2, 0.25) is 0 Å². The number of likely N-dealkylation sites (tertiary alicyclic amines) is 1. The SMILES string of the molecule is O=CCC1CCN(C2CCC2)CC1. The highest BCUT2D eigenvalue weighted by molar-refractivity contribution is 5.49. The van der Waals surface area contributed by atoms with Gasteiger partial charge in [0.25, 0.3) is 0 Å². The van der Waals surface area contributed by atoms with Gasteiger partial charge >= 0.3 is 0 Å². The Labute approximate surface area is 80.3 Å². The molecule has 1 saturated heterocycles. The molecule has 2 nitrogen and oxygen atoms in total. The number of carbonyl (C=O) groups excluding carboxylic acids is 1. The zero-order valence-corrected chi connectivity index (χ0v) is 8.24. The number of hydrogen-bond acceptors (Lipinski definition) is 2. The van der Waals surface area contributed by atoms with E-state index in [4.69, 9.17) is 0 Å². The van der Waals surface area contributed by atoms with Crippen LogP contribution in [0, 0.1) is 5.92 Å². The van der Waals surface area contributed by atoms with Gasteiger partial charge in [-0.05, 0) is 44.7 Å². The van der Waals surface area contributed by atoms with E-state index in [1.54, 1.807) is 0 Å². The molecular weight excluding hydrogens is 162 g/mol. The molecule has 2 rings (SSSR count). The predicted octanol–water partition coefficient (Wildman–Crippen LogP) is 1.84. The first-order valence-electron chi connectivity index (χ1n) is 5.58. The van der Waals surface area contributed by atoms with Crippen molar-refractivity contribution in [1.82, 2.24) is 4.90 Å². The fraction of sp³-hybridized carbons (Fsp3) is 0.909. The summed E-state index contributed by atoms with van der Waals surface area (Å²) in [6.07, 6.45) is 8.63. The van der Waals surface area contributed by atoms with E-state index in [0.717, 1.165) is 18.7 Å². The van der Waals surface area contributed by atoms with Crippen molar-refractivity contribution in [3.05, 3.63) is 0 Å². The third-order valence-electron chi connectivity index (χ3n) is 3.67. The molecule has 0 aromatic carbocycles. The Hall–Kier alpha value is -0.370. The van der Waals surface area contributed by atoms with Crippen LogP contribution < -0.4 is 0 Å². The number of aldehydes is 1. The van der Waals surface area contributed by atoms with Gasteiger partial charge in [-0.2, -0.15) is 0 Å². The molecule has 0 radical (unpaired) electrons. The van der Waals surface area contributed by atoms with Crippen LogP contribution in [0.5, 0.6) is 0 Å². The van der Waals surface area contributed by atoms with E-state index in [2.05, 4.69) is 4.90 Å². The van der Waals surface area contributed by atoms with Crippen LogP contribution in [-0.4, -0.2) is 30.3 Å². The molecule has 0 aromatic rings. The molecule has 1 heterocycles. The average Bonchev–Trinajstić information content (AvgIpc) is 2.06. The molecule has 1 aliphatic carbocycles. The van der Waals surface area contributed by atoms with Gasteiger partial charge in [0.1, 0.15) is 6.29 Å². The molecule has 2 heteroatoms. The smallest absolute Gasteiger partial charge is 0.120 e. The first kappa shape index (κ1) is 9.20. The van der Waals surface area contributed by atoms with Gasteiger partial charge in [-0.3, -0.25) is 0 Å². The van der Waals surface area contributed by atoms with Crippen LogP contribution in [-0.2, 0) is 4.79 Å². The monoisotopic (exact) mass is 181 g/mol. The molecule has 1 saturated carbocycles. The van der Waals surface area contributed by atoms with E-state index >= 15 is 0 Å². The minimum atomic E-state index is 0.689. The lowest BCUT2D eigenvalue weighted by molar-refractivity contribution is -0.109. The van der Waals surface area contributed by atoms with Gasteiger partial charge in [-0.25, -0.2) is 0 Å². The van der Waals surface area contributed by atoms with Crippen molar-refractivity contribution >= 4 is 6.29 Å². The van der Waals surface area contributed by atoms with Crippen LogP contribution in [0.3, 0.4) is 0 Å². The normalized spacial score (nSPS) is 27.1. The van der Waals surface area contributed by atoms with E-state index in [0.29, 0.717) is 5.92 Å². The van der Waals surface area contributed by atoms with Gasteiger partial charge in [0.05, 0.1) is 0 Å². The summed E-state index contributed by atoms with van der Waals surface area (Å²) in [5.74, 6) is 0.689. The summed E-state index contributed by atoms with van der Waals surface area (Å²) in [5.41, 5.74) is 0. The Bertz CT molecular complexity index is 169. The number of hydrogen-bond donors (Lipinski definition) is 0. The third kappa shape index (κ3) is 2.11. The molecule has 0 spiro atoms. The molecule has 0 atom stereocenters. The summed E-state index contributed by atoms with van der Waals surface area (Å²) >= 11 is 0. The second kappa shape index (κ2) is 4.23. The van der Waals surface area contributed by atoms with Crippen molar-refractivity contribution in [1.29, 1.82) is 0 Å². The van der Waals surface area contributed by atoms with E-state index in [1.165, 1.54) is 45.2 Å². The standard InChI is InChI=1S/C11H19NO/c13-9-6-10-4-7-12(8-5-10)11-2-1-3-11/h9-11H,1-8H2. The average molecular weight is 181 g/mol. The van der Waals surface area contributed by atoms with Crippen LogP contribution in [0.1, 0.15) is 38.5 Å². The minimum absolute atomic E-state index is 0.689. The fourth-order valence-electron chi connectivity index (χ4n) is 2.44. The fourth-order valence-corrected chi connectivity index (χ4v) is 2.44. The van der Waals surface area contributed by atoms with E-state index in [9.17, 15) is 4.79 Å². The largest absolute Gasteiger partial charge is 0.303 e. The van der Waals surface area contributed by atoms with Gasteiger partial charge in [0, 0.05) is 12.5 Å². The lowest BCUT2D eigenvalue weighted by atomic mass is 9.87. The van der Waals surface area contributed by atoms with E-state index < -0.39 is 0 Å². The molecule has 0 unspecified atom stereocenters. The highest BCUT2D eigenvalue weighted by Crippen LogP contribution is 2.29. The van der Waals surface area contributed by atoms with E-state index in [-0.39, 0.29) is 0 Å². The second-order valence-corrected chi connectivity index (χ2v) is 4.47. The van der Waals surface area contributed by atoms with Crippen LogP contribution in [0.4, 0.5) is 0 Å². The topological polar surface area (TPSA) is 20.3 Å². The summed E-state index contributed by atoms with van der Waals surface area (Å²) in [6, 6.07) is 0.900.